The largest absolute Gasteiger partial charge is 0.478 e. The molecule has 2 heterocycles. The molecule has 0 unspecified atom stereocenters. The highest BCUT2D eigenvalue weighted by molar-refractivity contribution is 6.06. The molecule has 4 rings (SSSR count). The van der Waals surface area contributed by atoms with Gasteiger partial charge in [-0.15, -0.1) is 0 Å². The van der Waals surface area contributed by atoms with Gasteiger partial charge in [0.25, 0.3) is 0 Å². The Balaban J connectivity index is 1.96. The van der Waals surface area contributed by atoms with Crippen LogP contribution >= 0.6 is 0 Å². The molecule has 0 aliphatic rings. The molecular formula is C23H20N2O4. The van der Waals surface area contributed by atoms with Gasteiger partial charge in [0.1, 0.15) is 5.60 Å². The molecule has 0 fully saturated rings. The molecule has 4 aromatic rings. The van der Waals surface area contributed by atoms with Gasteiger partial charge in [-0.1, -0.05) is 36.4 Å². The summed E-state index contributed by atoms with van der Waals surface area (Å²) in [6, 6.07) is 16.1. The molecule has 6 heteroatoms. The van der Waals surface area contributed by atoms with Crippen LogP contribution in [0.4, 0.5) is 4.79 Å². The average Bonchev–Trinajstić information content (AvgIpc) is 3.05. The first-order valence-electron chi connectivity index (χ1n) is 9.21. The maximum Gasteiger partial charge on any atom is 0.419 e. The summed E-state index contributed by atoms with van der Waals surface area (Å²) < 4.78 is 6.96. The zero-order valence-corrected chi connectivity index (χ0v) is 16.3. The summed E-state index contributed by atoms with van der Waals surface area (Å²) in [5, 5.41) is 11.0. The van der Waals surface area contributed by atoms with Gasteiger partial charge >= 0.3 is 12.1 Å². The zero-order chi connectivity index (χ0) is 20.8. The monoisotopic (exact) mass is 388 g/mol. The number of ether oxygens (including phenoxy) is 1. The Bertz CT molecular complexity index is 1270. The summed E-state index contributed by atoms with van der Waals surface area (Å²) >= 11 is 0. The number of carboxylic acids is 1. The van der Waals surface area contributed by atoms with Gasteiger partial charge in [0.05, 0.1) is 22.3 Å². The van der Waals surface area contributed by atoms with E-state index < -0.39 is 17.7 Å². The van der Waals surface area contributed by atoms with Crippen molar-refractivity contribution in [2.45, 2.75) is 26.4 Å². The third-order valence-corrected chi connectivity index (χ3v) is 4.52. The van der Waals surface area contributed by atoms with Crippen LogP contribution in [0.15, 0.2) is 60.8 Å². The van der Waals surface area contributed by atoms with Crippen molar-refractivity contribution in [2.75, 3.05) is 0 Å². The number of hydrogen-bond acceptors (Lipinski definition) is 4. The highest BCUT2D eigenvalue weighted by atomic mass is 16.6. The van der Waals surface area contributed by atoms with Gasteiger partial charge in [-0.2, -0.15) is 0 Å². The van der Waals surface area contributed by atoms with Crippen LogP contribution in [0.25, 0.3) is 33.1 Å². The van der Waals surface area contributed by atoms with E-state index >= 15 is 0 Å². The third kappa shape index (κ3) is 3.45. The molecule has 6 nitrogen and oxygen atoms in total. The number of carbonyl (C=O) groups is 2. The maximum atomic E-state index is 12.7. The third-order valence-electron chi connectivity index (χ3n) is 4.52. The molecule has 2 aromatic heterocycles. The number of nitrogens with zero attached hydrogens (tertiary/aromatic N) is 2. The molecule has 0 saturated heterocycles. The lowest BCUT2D eigenvalue weighted by Crippen LogP contribution is -2.26. The first-order chi connectivity index (χ1) is 13.7. The minimum absolute atomic E-state index is 0.166. The van der Waals surface area contributed by atoms with Crippen molar-refractivity contribution in [3.05, 3.63) is 66.4 Å². The number of carbonyl (C=O) groups excluding carboxylic acids is 1. The predicted octanol–water partition coefficient (Wildman–Crippen LogP) is 5.34. The highest BCUT2D eigenvalue weighted by Gasteiger charge is 2.22. The number of para-hydroxylation sites is 2. The first kappa shape index (κ1) is 18.7. The molecule has 0 amide bonds. The molecule has 0 bridgehead atoms. The minimum atomic E-state index is -1.03. The van der Waals surface area contributed by atoms with E-state index in [2.05, 4.69) is 4.98 Å². The molecule has 0 aliphatic heterocycles. The topological polar surface area (TPSA) is 81.4 Å². The van der Waals surface area contributed by atoms with Crippen LogP contribution in [-0.2, 0) is 4.74 Å². The summed E-state index contributed by atoms with van der Waals surface area (Å²) in [6.07, 6.45) is 1.15. The Hall–Kier alpha value is -3.67. The van der Waals surface area contributed by atoms with E-state index in [-0.39, 0.29) is 5.56 Å². The average molecular weight is 388 g/mol. The molecule has 0 aliphatic carbocycles. The number of rotatable bonds is 2. The highest BCUT2D eigenvalue weighted by Crippen LogP contribution is 2.32. The van der Waals surface area contributed by atoms with Crippen molar-refractivity contribution >= 4 is 33.9 Å². The van der Waals surface area contributed by atoms with Crippen LogP contribution in [0.3, 0.4) is 0 Å². The SMILES string of the molecule is CC(C)(C)OC(=O)n1cc(-c2cc(C(=O)O)c3ccccc3n2)c2ccccc21. The molecule has 146 valence electrons. The lowest BCUT2D eigenvalue weighted by molar-refractivity contribution is 0.0544. The van der Waals surface area contributed by atoms with Crippen molar-refractivity contribution < 1.29 is 19.4 Å². The van der Waals surface area contributed by atoms with Crippen molar-refractivity contribution in [2.24, 2.45) is 0 Å². The summed E-state index contributed by atoms with van der Waals surface area (Å²) in [7, 11) is 0. The minimum Gasteiger partial charge on any atom is -0.478 e. The van der Waals surface area contributed by atoms with Crippen LogP contribution < -0.4 is 0 Å². The van der Waals surface area contributed by atoms with Crippen molar-refractivity contribution in [1.29, 1.82) is 0 Å². The number of carboxylic acid groups (broad SMARTS) is 1. The van der Waals surface area contributed by atoms with Gasteiger partial charge in [-0.05, 0) is 39.0 Å². The summed E-state index contributed by atoms with van der Waals surface area (Å²) in [4.78, 5) is 29.2. The summed E-state index contributed by atoms with van der Waals surface area (Å²) in [5.41, 5.74) is 1.93. The number of benzene rings is 2. The maximum absolute atomic E-state index is 12.7. The van der Waals surface area contributed by atoms with Gasteiger partial charge in [0, 0.05) is 22.5 Å². The fourth-order valence-electron chi connectivity index (χ4n) is 3.34. The number of pyridine rings is 1. The van der Waals surface area contributed by atoms with E-state index in [0.29, 0.717) is 27.7 Å². The van der Waals surface area contributed by atoms with E-state index in [0.717, 1.165) is 5.39 Å². The van der Waals surface area contributed by atoms with Crippen LogP contribution in [0, 0.1) is 0 Å². The molecule has 0 radical (unpaired) electrons. The molecule has 0 atom stereocenters. The van der Waals surface area contributed by atoms with Gasteiger partial charge in [0.15, 0.2) is 0 Å². The van der Waals surface area contributed by atoms with E-state index in [4.69, 9.17) is 4.74 Å². The number of aromatic carboxylic acids is 1. The van der Waals surface area contributed by atoms with Gasteiger partial charge < -0.3 is 9.84 Å². The Kier molecular flexibility index (Phi) is 4.34. The van der Waals surface area contributed by atoms with Crippen LogP contribution in [0.5, 0.6) is 0 Å². The second-order valence-corrected chi connectivity index (χ2v) is 7.79. The standard InChI is InChI=1S/C23H20N2O4/c1-23(2,3)29-22(28)25-13-17(15-9-5-7-11-20(15)25)19-12-16(21(26)27)14-8-4-6-10-18(14)24-19/h4-13H,1-3H3,(H,26,27). The number of aromatic nitrogens is 2. The Morgan fingerprint density at radius 1 is 1.00 bits per heavy atom. The van der Waals surface area contributed by atoms with Crippen molar-refractivity contribution in [1.82, 2.24) is 9.55 Å². The predicted molar refractivity (Wildman–Crippen MR) is 111 cm³/mol. The Labute approximate surface area is 167 Å². The number of fused-ring (bicyclic) bond motifs is 2. The molecule has 1 N–H and O–H groups in total. The summed E-state index contributed by atoms with van der Waals surface area (Å²) in [6.45, 7) is 5.42. The lowest BCUT2D eigenvalue weighted by Gasteiger charge is -2.19. The van der Waals surface area contributed by atoms with E-state index in [9.17, 15) is 14.7 Å². The van der Waals surface area contributed by atoms with Gasteiger partial charge in [-0.3, -0.25) is 4.57 Å². The Morgan fingerprint density at radius 2 is 1.66 bits per heavy atom. The van der Waals surface area contributed by atoms with Crippen LogP contribution in [0.2, 0.25) is 0 Å². The number of hydrogen-bond donors (Lipinski definition) is 1. The van der Waals surface area contributed by atoms with Crippen molar-refractivity contribution in [3.63, 3.8) is 0 Å². The fraction of sp³-hybridized carbons (Fsp3) is 0.174. The van der Waals surface area contributed by atoms with E-state index in [1.807, 2.05) is 51.1 Å². The molecular weight excluding hydrogens is 368 g/mol. The lowest BCUT2D eigenvalue weighted by atomic mass is 10.0. The summed E-state index contributed by atoms with van der Waals surface area (Å²) in [5.74, 6) is -1.03. The molecule has 0 saturated carbocycles. The van der Waals surface area contributed by atoms with Crippen LogP contribution in [0.1, 0.15) is 31.1 Å². The van der Waals surface area contributed by atoms with Gasteiger partial charge in [0.2, 0.25) is 0 Å². The quantitative estimate of drug-likeness (QED) is 0.501. The second kappa shape index (κ2) is 6.74. The first-order valence-corrected chi connectivity index (χ1v) is 9.21. The van der Waals surface area contributed by atoms with E-state index in [1.54, 1.807) is 30.5 Å². The normalized spacial score (nSPS) is 11.7. The Morgan fingerprint density at radius 3 is 2.34 bits per heavy atom. The molecule has 29 heavy (non-hydrogen) atoms. The fourth-order valence-corrected chi connectivity index (χ4v) is 3.34. The van der Waals surface area contributed by atoms with E-state index in [1.165, 1.54) is 4.57 Å². The smallest absolute Gasteiger partial charge is 0.419 e. The second-order valence-electron chi connectivity index (χ2n) is 7.79. The van der Waals surface area contributed by atoms with Crippen molar-refractivity contribution in [3.8, 4) is 11.3 Å². The van der Waals surface area contributed by atoms with Gasteiger partial charge in [-0.25, -0.2) is 14.6 Å². The van der Waals surface area contributed by atoms with Crippen LogP contribution in [-0.4, -0.2) is 32.3 Å². The zero-order valence-electron chi connectivity index (χ0n) is 16.3. The molecule has 2 aromatic carbocycles. The molecule has 0 spiro atoms.